The van der Waals surface area contributed by atoms with Crippen LogP contribution in [0.3, 0.4) is 0 Å². The second-order valence-electron chi connectivity index (χ2n) is 7.98. The van der Waals surface area contributed by atoms with Gasteiger partial charge < -0.3 is 13.9 Å². The van der Waals surface area contributed by atoms with Crippen LogP contribution in [0.25, 0.3) is 0 Å². The molecule has 3 aromatic rings. The summed E-state index contributed by atoms with van der Waals surface area (Å²) in [6.45, 7) is 4.03. The highest BCUT2D eigenvalue weighted by molar-refractivity contribution is 7.80. The van der Waals surface area contributed by atoms with Crippen LogP contribution in [0, 0.1) is 6.92 Å². The second kappa shape index (κ2) is 7.13. The van der Waals surface area contributed by atoms with Gasteiger partial charge in [0, 0.05) is 17.7 Å². The molecule has 7 heteroatoms. The molecule has 158 valence electrons. The quantitative estimate of drug-likeness (QED) is 0.536. The Labute approximate surface area is 186 Å². The number of nitrogens with zero attached hydrogens (tertiary/aromatic N) is 2. The Hall–Kier alpha value is -3.32. The zero-order valence-electron chi connectivity index (χ0n) is 17.5. The highest BCUT2D eigenvalue weighted by Gasteiger charge is 2.54. The van der Waals surface area contributed by atoms with Gasteiger partial charge in [-0.3, -0.25) is 14.6 Å². The van der Waals surface area contributed by atoms with Crippen molar-refractivity contribution in [2.45, 2.75) is 32.0 Å². The summed E-state index contributed by atoms with van der Waals surface area (Å²) in [6, 6.07) is 16.8. The average Bonchev–Trinajstić information content (AvgIpc) is 3.29. The van der Waals surface area contributed by atoms with Crippen molar-refractivity contribution in [1.29, 1.82) is 0 Å². The first-order valence-electron chi connectivity index (χ1n) is 10.1. The molecule has 5 rings (SSSR count). The minimum atomic E-state index is -0.793. The summed E-state index contributed by atoms with van der Waals surface area (Å²) in [4.78, 5) is 17.1. The molecule has 0 saturated carbocycles. The Bertz CT molecular complexity index is 1160. The van der Waals surface area contributed by atoms with Gasteiger partial charge in [0.2, 0.25) is 0 Å². The summed E-state index contributed by atoms with van der Waals surface area (Å²) >= 11 is 5.91. The summed E-state index contributed by atoms with van der Waals surface area (Å²) in [5, 5.41) is 0.373. The summed E-state index contributed by atoms with van der Waals surface area (Å²) in [5.41, 5.74) is 2.06. The fraction of sp³-hybridized carbons (Fsp3) is 0.250. The number of rotatable bonds is 3. The molecule has 2 unspecified atom stereocenters. The molecule has 0 aliphatic carbocycles. The number of aryl methyl sites for hydroxylation is 1. The number of furan rings is 1. The van der Waals surface area contributed by atoms with Crippen molar-refractivity contribution >= 4 is 28.9 Å². The predicted molar refractivity (Wildman–Crippen MR) is 121 cm³/mol. The lowest BCUT2D eigenvalue weighted by atomic mass is 9.88. The number of fused-ring (bicyclic) bond motifs is 4. The number of hydrogen-bond donors (Lipinski definition) is 0. The van der Waals surface area contributed by atoms with E-state index in [4.69, 9.17) is 26.1 Å². The Morgan fingerprint density at radius 3 is 2.61 bits per heavy atom. The third kappa shape index (κ3) is 2.99. The van der Waals surface area contributed by atoms with Crippen molar-refractivity contribution in [2.75, 3.05) is 12.0 Å². The van der Waals surface area contributed by atoms with E-state index in [-0.39, 0.29) is 17.7 Å². The molecule has 2 aliphatic heterocycles. The van der Waals surface area contributed by atoms with Gasteiger partial charge >= 0.3 is 0 Å². The van der Waals surface area contributed by atoms with Gasteiger partial charge in [-0.25, -0.2) is 0 Å². The molecule has 2 bridgehead atoms. The van der Waals surface area contributed by atoms with E-state index < -0.39 is 5.72 Å². The summed E-state index contributed by atoms with van der Waals surface area (Å²) < 4.78 is 17.6. The van der Waals surface area contributed by atoms with Crippen molar-refractivity contribution < 1.29 is 18.7 Å². The summed E-state index contributed by atoms with van der Waals surface area (Å²) in [5.74, 6) is 1.21. The van der Waals surface area contributed by atoms with Gasteiger partial charge in [0.15, 0.2) is 28.1 Å². The molecule has 0 spiro atoms. The van der Waals surface area contributed by atoms with Gasteiger partial charge in [0.05, 0.1) is 19.4 Å². The molecule has 3 heterocycles. The van der Waals surface area contributed by atoms with Gasteiger partial charge in [-0.05, 0) is 56.4 Å². The molecule has 6 nitrogen and oxygen atoms in total. The average molecular weight is 435 g/mol. The van der Waals surface area contributed by atoms with E-state index in [1.807, 2.05) is 61.2 Å². The lowest BCUT2D eigenvalue weighted by Crippen LogP contribution is -2.67. The first-order chi connectivity index (χ1) is 14.9. The van der Waals surface area contributed by atoms with Gasteiger partial charge in [-0.2, -0.15) is 0 Å². The van der Waals surface area contributed by atoms with Crippen LogP contribution in [0.1, 0.15) is 41.1 Å². The third-order valence-electron chi connectivity index (χ3n) is 5.91. The molecule has 31 heavy (non-hydrogen) atoms. The summed E-state index contributed by atoms with van der Waals surface area (Å²) in [7, 11) is 1.61. The largest absolute Gasteiger partial charge is 0.493 e. The maximum atomic E-state index is 13.5. The highest BCUT2D eigenvalue weighted by Crippen LogP contribution is 2.52. The number of benzene rings is 2. The minimum Gasteiger partial charge on any atom is -0.493 e. The number of carbonyl (C=O) groups is 1. The second-order valence-corrected chi connectivity index (χ2v) is 8.35. The molecule has 1 fully saturated rings. The Morgan fingerprint density at radius 2 is 1.94 bits per heavy atom. The summed E-state index contributed by atoms with van der Waals surface area (Å²) in [6.07, 6.45) is 2.02. The third-order valence-corrected chi connectivity index (χ3v) is 6.29. The van der Waals surface area contributed by atoms with Crippen LogP contribution in [0.4, 0.5) is 5.69 Å². The molecule has 1 aromatic heterocycles. The topological polar surface area (TPSA) is 55.2 Å². The fourth-order valence-electron chi connectivity index (χ4n) is 4.43. The van der Waals surface area contributed by atoms with E-state index in [2.05, 4.69) is 0 Å². The van der Waals surface area contributed by atoms with E-state index in [0.717, 1.165) is 16.8 Å². The normalized spacial score (nSPS) is 22.0. The van der Waals surface area contributed by atoms with Crippen molar-refractivity contribution in [3.05, 3.63) is 77.7 Å². The number of hydrogen-bond acceptors (Lipinski definition) is 5. The van der Waals surface area contributed by atoms with Crippen LogP contribution in [0.2, 0.25) is 0 Å². The van der Waals surface area contributed by atoms with Gasteiger partial charge in [0.1, 0.15) is 0 Å². The molecule has 0 N–H and O–H groups in total. The van der Waals surface area contributed by atoms with E-state index in [9.17, 15) is 4.79 Å². The lowest BCUT2D eigenvalue weighted by molar-refractivity contribution is 0.0152. The zero-order valence-corrected chi connectivity index (χ0v) is 18.3. The first kappa shape index (κ1) is 19.6. The van der Waals surface area contributed by atoms with E-state index in [1.165, 1.54) is 6.26 Å². The van der Waals surface area contributed by atoms with E-state index >= 15 is 0 Å². The van der Waals surface area contributed by atoms with Crippen molar-refractivity contribution in [2.24, 2.45) is 0 Å². The Morgan fingerprint density at radius 1 is 1.16 bits per heavy atom. The molecule has 0 radical (unpaired) electrons. The standard InChI is InChI=1S/C24H22N2O4S/c1-15-9-11-16(12-10-15)26-23(31)25(22(27)20-8-5-13-29-20)18-14-24(26,2)30-21-17(18)6-4-7-19(21)28-3/h4-13,18H,14H2,1-3H3. The molecule has 2 aromatic carbocycles. The smallest absolute Gasteiger partial charge is 0.296 e. The number of anilines is 1. The highest BCUT2D eigenvalue weighted by atomic mass is 32.1. The van der Waals surface area contributed by atoms with Crippen molar-refractivity contribution in [1.82, 2.24) is 4.90 Å². The monoisotopic (exact) mass is 434 g/mol. The molecular weight excluding hydrogens is 412 g/mol. The van der Waals surface area contributed by atoms with Crippen LogP contribution in [0.15, 0.2) is 65.3 Å². The molecule has 1 saturated heterocycles. The predicted octanol–water partition coefficient (Wildman–Crippen LogP) is 5.08. The molecule has 1 amide bonds. The lowest BCUT2D eigenvalue weighted by Gasteiger charge is -2.55. The van der Waals surface area contributed by atoms with Crippen LogP contribution < -0.4 is 14.4 Å². The number of thiocarbonyl (C=S) groups is 1. The molecule has 2 aliphatic rings. The van der Waals surface area contributed by atoms with Crippen LogP contribution >= 0.6 is 12.2 Å². The first-order valence-corrected chi connectivity index (χ1v) is 10.5. The molecule has 2 atom stereocenters. The van der Waals surface area contributed by atoms with E-state index in [1.54, 1.807) is 24.1 Å². The van der Waals surface area contributed by atoms with Crippen LogP contribution in [-0.4, -0.2) is 28.8 Å². The SMILES string of the molecule is COc1cccc2c1OC1(C)CC2N(C(=O)c2ccco2)C(=S)N1c1ccc(C)cc1. The maximum absolute atomic E-state index is 13.5. The van der Waals surface area contributed by atoms with E-state index in [0.29, 0.717) is 23.0 Å². The van der Waals surface area contributed by atoms with Gasteiger partial charge in [-0.1, -0.05) is 29.8 Å². The minimum absolute atomic E-state index is 0.241. The number of methoxy groups -OCH3 is 1. The van der Waals surface area contributed by atoms with Crippen LogP contribution in [0.5, 0.6) is 11.5 Å². The van der Waals surface area contributed by atoms with Gasteiger partial charge in [0.25, 0.3) is 5.91 Å². The Balaban J connectivity index is 1.70. The van der Waals surface area contributed by atoms with Crippen molar-refractivity contribution in [3.63, 3.8) is 0 Å². The molecular formula is C24H22N2O4S. The zero-order chi connectivity index (χ0) is 21.8. The number of para-hydroxylation sites is 1. The maximum Gasteiger partial charge on any atom is 0.296 e. The van der Waals surface area contributed by atoms with Crippen LogP contribution in [-0.2, 0) is 0 Å². The number of ether oxygens (including phenoxy) is 2. The van der Waals surface area contributed by atoms with Crippen molar-refractivity contribution in [3.8, 4) is 11.5 Å². The van der Waals surface area contributed by atoms with Gasteiger partial charge in [-0.15, -0.1) is 0 Å². The number of amides is 1. The fourth-order valence-corrected chi connectivity index (χ4v) is 4.94. The number of carbonyl (C=O) groups excluding carboxylic acids is 1. The Kier molecular flexibility index (Phi) is 4.51.